The zero-order valence-corrected chi connectivity index (χ0v) is 19.4. The summed E-state index contributed by atoms with van der Waals surface area (Å²) in [5.74, 6) is 1.21. The van der Waals surface area contributed by atoms with Gasteiger partial charge in [-0.2, -0.15) is 0 Å². The number of morpholine rings is 1. The van der Waals surface area contributed by atoms with Crippen molar-refractivity contribution in [1.29, 1.82) is 0 Å². The van der Waals surface area contributed by atoms with Gasteiger partial charge in [-0.25, -0.2) is 18.1 Å². The Kier molecular flexibility index (Phi) is 7.10. The first-order valence-electron chi connectivity index (χ1n) is 10.9. The molecule has 0 amide bonds. The highest BCUT2D eigenvalue weighted by molar-refractivity contribution is 7.89. The number of nitrogens with zero attached hydrogens (tertiary/aromatic N) is 3. The van der Waals surface area contributed by atoms with Crippen LogP contribution in [0.1, 0.15) is 11.4 Å². The molecule has 0 spiro atoms. The molecule has 0 atom stereocenters. The minimum Gasteiger partial charge on any atom is -0.495 e. The van der Waals surface area contributed by atoms with E-state index in [0.29, 0.717) is 12.2 Å². The van der Waals surface area contributed by atoms with E-state index >= 15 is 0 Å². The summed E-state index contributed by atoms with van der Waals surface area (Å²) < 4.78 is 41.4. The first-order chi connectivity index (χ1) is 15.5. The van der Waals surface area contributed by atoms with Crippen LogP contribution in [0.4, 0.5) is 0 Å². The molecule has 9 heteroatoms. The summed E-state index contributed by atoms with van der Waals surface area (Å²) in [6.07, 6.45) is 0.491. The average Bonchev–Trinajstić information content (AvgIpc) is 3.15. The molecule has 172 valence electrons. The van der Waals surface area contributed by atoms with Gasteiger partial charge in [-0.3, -0.25) is 4.90 Å². The maximum absolute atomic E-state index is 12.9. The summed E-state index contributed by atoms with van der Waals surface area (Å²) >= 11 is 0. The molecule has 2 heterocycles. The molecule has 1 aromatic heterocycles. The molecule has 4 rings (SSSR count). The van der Waals surface area contributed by atoms with Gasteiger partial charge in [0.15, 0.2) is 0 Å². The number of ether oxygens (including phenoxy) is 2. The van der Waals surface area contributed by atoms with Gasteiger partial charge in [-0.05, 0) is 36.8 Å². The lowest BCUT2D eigenvalue weighted by molar-refractivity contribution is 0.0364. The van der Waals surface area contributed by atoms with E-state index in [4.69, 9.17) is 14.5 Å². The standard InChI is InChI=1S/C23H30N4O4S/c1-18-7-8-21(30-2)22(17-18)32(28,29)24-10-9-23-25-19-5-3-4-6-20(19)27(23)12-11-26-13-15-31-16-14-26/h3-8,17,24H,9-16H2,1-2H3. The molecule has 32 heavy (non-hydrogen) atoms. The Labute approximate surface area is 189 Å². The van der Waals surface area contributed by atoms with Crippen molar-refractivity contribution in [3.63, 3.8) is 0 Å². The molecule has 1 N–H and O–H groups in total. The number of methoxy groups -OCH3 is 1. The minimum absolute atomic E-state index is 0.154. The molecule has 0 bridgehead atoms. The number of hydrogen-bond donors (Lipinski definition) is 1. The van der Waals surface area contributed by atoms with Crippen molar-refractivity contribution in [3.8, 4) is 5.75 Å². The molecule has 3 aromatic rings. The minimum atomic E-state index is -3.70. The normalized spacial score (nSPS) is 15.3. The van der Waals surface area contributed by atoms with Crippen LogP contribution in [-0.2, 0) is 27.7 Å². The number of rotatable bonds is 9. The van der Waals surface area contributed by atoms with Crippen LogP contribution >= 0.6 is 0 Å². The van der Waals surface area contributed by atoms with Gasteiger partial charge in [0.2, 0.25) is 10.0 Å². The van der Waals surface area contributed by atoms with Gasteiger partial charge < -0.3 is 14.0 Å². The van der Waals surface area contributed by atoms with Crippen LogP contribution in [-0.4, -0.2) is 69.4 Å². The number of nitrogens with one attached hydrogen (secondary N) is 1. The first-order valence-corrected chi connectivity index (χ1v) is 12.3. The second kappa shape index (κ2) is 9.99. The largest absolute Gasteiger partial charge is 0.495 e. The second-order valence-corrected chi connectivity index (χ2v) is 9.66. The van der Waals surface area contributed by atoms with Crippen LogP contribution < -0.4 is 9.46 Å². The zero-order valence-electron chi connectivity index (χ0n) is 18.6. The summed E-state index contributed by atoms with van der Waals surface area (Å²) in [7, 11) is -2.23. The summed E-state index contributed by atoms with van der Waals surface area (Å²) in [6, 6.07) is 13.2. The van der Waals surface area contributed by atoms with E-state index < -0.39 is 10.0 Å². The van der Waals surface area contributed by atoms with Crippen LogP contribution in [0, 0.1) is 6.92 Å². The molecule has 1 fully saturated rings. The van der Waals surface area contributed by atoms with E-state index in [0.717, 1.165) is 61.8 Å². The van der Waals surface area contributed by atoms with Gasteiger partial charge in [0.1, 0.15) is 16.5 Å². The molecule has 0 radical (unpaired) electrons. The van der Waals surface area contributed by atoms with Gasteiger partial charge in [-0.1, -0.05) is 18.2 Å². The Bertz CT molecular complexity index is 1170. The predicted molar refractivity (Wildman–Crippen MR) is 124 cm³/mol. The third-order valence-corrected chi connectivity index (χ3v) is 7.21. The number of sulfonamides is 1. The Morgan fingerprint density at radius 1 is 1.12 bits per heavy atom. The third-order valence-electron chi connectivity index (χ3n) is 5.73. The second-order valence-electron chi connectivity index (χ2n) is 7.92. The molecule has 0 saturated carbocycles. The number of aromatic nitrogens is 2. The smallest absolute Gasteiger partial charge is 0.244 e. The van der Waals surface area contributed by atoms with Crippen molar-refractivity contribution < 1.29 is 17.9 Å². The fourth-order valence-corrected chi connectivity index (χ4v) is 5.28. The van der Waals surface area contributed by atoms with E-state index in [2.05, 4.69) is 20.3 Å². The Morgan fingerprint density at radius 2 is 1.91 bits per heavy atom. The molecular formula is C23H30N4O4S. The number of imidazole rings is 1. The zero-order chi connectivity index (χ0) is 22.6. The highest BCUT2D eigenvalue weighted by Gasteiger charge is 2.20. The molecule has 1 aliphatic heterocycles. The summed E-state index contributed by atoms with van der Waals surface area (Å²) in [4.78, 5) is 7.31. The van der Waals surface area contributed by atoms with E-state index in [1.807, 2.05) is 31.2 Å². The lowest BCUT2D eigenvalue weighted by Gasteiger charge is -2.27. The topological polar surface area (TPSA) is 85.7 Å². The van der Waals surface area contributed by atoms with Crippen LogP contribution in [0.3, 0.4) is 0 Å². The SMILES string of the molecule is COc1ccc(C)cc1S(=O)(=O)NCCc1nc2ccccc2n1CCN1CCOCC1. The van der Waals surface area contributed by atoms with Crippen LogP contribution in [0.25, 0.3) is 11.0 Å². The van der Waals surface area contributed by atoms with Gasteiger partial charge in [0.25, 0.3) is 0 Å². The Morgan fingerprint density at radius 3 is 2.69 bits per heavy atom. The molecule has 2 aromatic carbocycles. The summed E-state index contributed by atoms with van der Waals surface area (Å²) in [5.41, 5.74) is 2.85. The monoisotopic (exact) mass is 458 g/mol. The van der Waals surface area contributed by atoms with Crippen LogP contribution in [0.15, 0.2) is 47.4 Å². The molecular weight excluding hydrogens is 428 g/mol. The Balaban J connectivity index is 1.48. The highest BCUT2D eigenvalue weighted by atomic mass is 32.2. The van der Waals surface area contributed by atoms with Gasteiger partial charge >= 0.3 is 0 Å². The molecule has 1 saturated heterocycles. The molecule has 8 nitrogen and oxygen atoms in total. The van der Waals surface area contributed by atoms with Crippen molar-refractivity contribution in [3.05, 3.63) is 53.9 Å². The lowest BCUT2D eigenvalue weighted by Crippen LogP contribution is -2.38. The van der Waals surface area contributed by atoms with Crippen molar-refractivity contribution in [2.45, 2.75) is 24.8 Å². The molecule has 0 aliphatic carbocycles. The fourth-order valence-electron chi connectivity index (χ4n) is 4.00. The number of hydrogen-bond acceptors (Lipinski definition) is 6. The maximum atomic E-state index is 12.9. The highest BCUT2D eigenvalue weighted by Crippen LogP contribution is 2.24. The Hall–Kier alpha value is -2.46. The number of fused-ring (bicyclic) bond motifs is 1. The van der Waals surface area contributed by atoms with Crippen molar-refractivity contribution in [1.82, 2.24) is 19.2 Å². The quantitative estimate of drug-likeness (QED) is 0.529. The number of aryl methyl sites for hydroxylation is 1. The van der Waals surface area contributed by atoms with E-state index in [-0.39, 0.29) is 11.4 Å². The van der Waals surface area contributed by atoms with E-state index in [9.17, 15) is 8.42 Å². The van der Waals surface area contributed by atoms with Gasteiger partial charge in [-0.15, -0.1) is 0 Å². The van der Waals surface area contributed by atoms with Crippen molar-refractivity contribution in [2.75, 3.05) is 46.5 Å². The summed E-state index contributed by atoms with van der Waals surface area (Å²) in [6.45, 7) is 7.20. The molecule has 1 aliphatic rings. The number of benzene rings is 2. The predicted octanol–water partition coefficient (Wildman–Crippen LogP) is 2.21. The average molecular weight is 459 g/mol. The van der Waals surface area contributed by atoms with E-state index in [1.165, 1.54) is 7.11 Å². The third kappa shape index (κ3) is 5.12. The molecule has 0 unspecified atom stereocenters. The van der Waals surface area contributed by atoms with Crippen molar-refractivity contribution in [2.24, 2.45) is 0 Å². The van der Waals surface area contributed by atoms with Crippen LogP contribution in [0.5, 0.6) is 5.75 Å². The van der Waals surface area contributed by atoms with Gasteiger partial charge in [0.05, 0.1) is 31.4 Å². The number of para-hydroxylation sites is 2. The van der Waals surface area contributed by atoms with Crippen LogP contribution in [0.2, 0.25) is 0 Å². The fraction of sp³-hybridized carbons (Fsp3) is 0.435. The van der Waals surface area contributed by atoms with Gasteiger partial charge in [0, 0.05) is 39.1 Å². The maximum Gasteiger partial charge on any atom is 0.244 e. The van der Waals surface area contributed by atoms with Crippen molar-refractivity contribution >= 4 is 21.1 Å². The lowest BCUT2D eigenvalue weighted by atomic mass is 10.2. The van der Waals surface area contributed by atoms with E-state index in [1.54, 1.807) is 12.1 Å². The summed E-state index contributed by atoms with van der Waals surface area (Å²) in [5, 5.41) is 0. The first kappa shape index (κ1) is 22.7.